The van der Waals surface area contributed by atoms with Crippen molar-refractivity contribution in [3.8, 4) is 11.4 Å². The third-order valence-corrected chi connectivity index (χ3v) is 7.32. The molecule has 2 aromatic carbocycles. The van der Waals surface area contributed by atoms with Crippen LogP contribution in [-0.4, -0.2) is 66.0 Å². The van der Waals surface area contributed by atoms with E-state index in [0.717, 1.165) is 30.9 Å². The number of nitrogens with zero attached hydrogens (tertiary/aromatic N) is 5. The fraction of sp³-hybridized carbons (Fsp3) is 0.417. The average molecular weight is 490 g/mol. The number of halogens is 1. The molecule has 0 aliphatic carbocycles. The summed E-state index contributed by atoms with van der Waals surface area (Å²) in [4.78, 5) is 2.51. The molecule has 0 N–H and O–H groups in total. The number of sulfonamides is 1. The summed E-state index contributed by atoms with van der Waals surface area (Å²) in [5.74, 6) is 0.645. The summed E-state index contributed by atoms with van der Waals surface area (Å²) in [5, 5.41) is 8.22. The molecule has 0 unspecified atom stereocenters. The monoisotopic (exact) mass is 489 g/mol. The van der Waals surface area contributed by atoms with Gasteiger partial charge in [0, 0.05) is 20.0 Å². The van der Waals surface area contributed by atoms with E-state index in [1.807, 2.05) is 24.3 Å². The Morgan fingerprint density at radius 1 is 1.00 bits per heavy atom. The highest BCUT2D eigenvalue weighted by Crippen LogP contribution is 2.19. The number of aromatic nitrogens is 3. The van der Waals surface area contributed by atoms with Gasteiger partial charge in [-0.1, -0.05) is 31.2 Å². The Morgan fingerprint density at radius 3 is 2.29 bits per heavy atom. The van der Waals surface area contributed by atoms with E-state index in [9.17, 15) is 12.8 Å². The Kier molecular flexibility index (Phi) is 9.14. The molecule has 1 heterocycles. The SMILES string of the molecule is CCN(CC)Cc1ccc(S(=O)(=O)N(C)Cc2cn(-c3ccc(OCCCF)cc3)nn2)cc1. The van der Waals surface area contributed by atoms with Gasteiger partial charge in [-0.3, -0.25) is 9.29 Å². The Balaban J connectivity index is 1.63. The summed E-state index contributed by atoms with van der Waals surface area (Å²) in [5.41, 5.74) is 2.35. The molecule has 0 bridgehead atoms. The van der Waals surface area contributed by atoms with Crippen LogP contribution >= 0.6 is 0 Å². The zero-order chi connectivity index (χ0) is 24.6. The van der Waals surface area contributed by atoms with Crippen LogP contribution in [0.5, 0.6) is 5.75 Å². The van der Waals surface area contributed by atoms with Crippen molar-refractivity contribution >= 4 is 10.0 Å². The predicted molar refractivity (Wildman–Crippen MR) is 129 cm³/mol. The lowest BCUT2D eigenvalue weighted by molar-refractivity contribution is 0.289. The van der Waals surface area contributed by atoms with Gasteiger partial charge in [0.2, 0.25) is 10.0 Å². The minimum absolute atomic E-state index is 0.0912. The molecule has 184 valence electrons. The van der Waals surface area contributed by atoms with E-state index >= 15 is 0 Å². The minimum atomic E-state index is -3.67. The standard InChI is InChI=1S/C24H32FN5O3S/c1-4-29(5-2)17-20-7-13-24(14-8-20)34(31,32)28(3)18-21-19-30(27-26-21)22-9-11-23(12-10-22)33-16-6-15-25/h7-14,19H,4-6,15-18H2,1-3H3. The minimum Gasteiger partial charge on any atom is -0.493 e. The number of ether oxygens (including phenoxy) is 1. The predicted octanol–water partition coefficient (Wildman–Crippen LogP) is 3.67. The second kappa shape index (κ2) is 12.0. The van der Waals surface area contributed by atoms with Crippen LogP contribution in [0.3, 0.4) is 0 Å². The highest BCUT2D eigenvalue weighted by Gasteiger charge is 2.22. The maximum Gasteiger partial charge on any atom is 0.243 e. The Hall–Kier alpha value is -2.82. The van der Waals surface area contributed by atoms with Crippen LogP contribution in [0.25, 0.3) is 5.69 Å². The first-order valence-corrected chi connectivity index (χ1v) is 12.8. The molecule has 0 radical (unpaired) electrons. The van der Waals surface area contributed by atoms with Gasteiger partial charge in [-0.05, 0) is 55.1 Å². The molecule has 3 rings (SSSR count). The van der Waals surface area contributed by atoms with E-state index in [4.69, 9.17) is 4.74 Å². The van der Waals surface area contributed by atoms with Crippen molar-refractivity contribution in [1.82, 2.24) is 24.2 Å². The third kappa shape index (κ3) is 6.62. The van der Waals surface area contributed by atoms with Crippen LogP contribution in [0, 0.1) is 0 Å². The lowest BCUT2D eigenvalue weighted by atomic mass is 10.2. The normalized spacial score (nSPS) is 11.9. The van der Waals surface area contributed by atoms with E-state index < -0.39 is 16.7 Å². The molecule has 0 amide bonds. The largest absolute Gasteiger partial charge is 0.493 e. The van der Waals surface area contributed by atoms with Gasteiger partial charge in [-0.15, -0.1) is 5.10 Å². The molecule has 10 heteroatoms. The van der Waals surface area contributed by atoms with Crippen LogP contribution in [0.15, 0.2) is 59.6 Å². The molecule has 0 atom stereocenters. The quantitative estimate of drug-likeness (QED) is 0.341. The summed E-state index contributed by atoms with van der Waals surface area (Å²) in [6.45, 7) is 6.89. The number of hydrogen-bond acceptors (Lipinski definition) is 6. The smallest absolute Gasteiger partial charge is 0.243 e. The molecule has 0 aliphatic rings. The van der Waals surface area contributed by atoms with Crippen molar-refractivity contribution in [2.75, 3.05) is 33.4 Å². The first-order chi connectivity index (χ1) is 16.4. The number of benzene rings is 2. The fourth-order valence-electron chi connectivity index (χ4n) is 3.40. The molecule has 1 aromatic heterocycles. The third-order valence-electron chi connectivity index (χ3n) is 5.51. The maximum atomic E-state index is 13.0. The highest BCUT2D eigenvalue weighted by atomic mass is 32.2. The summed E-state index contributed by atoms with van der Waals surface area (Å²) in [7, 11) is -2.14. The number of hydrogen-bond donors (Lipinski definition) is 0. The summed E-state index contributed by atoms with van der Waals surface area (Å²) >= 11 is 0. The first kappa shape index (κ1) is 25.8. The van der Waals surface area contributed by atoms with Gasteiger partial charge in [0.05, 0.1) is 42.3 Å². The molecule has 0 aliphatic heterocycles. The topological polar surface area (TPSA) is 80.6 Å². The summed E-state index contributed by atoms with van der Waals surface area (Å²) in [6.07, 6.45) is 2.04. The molecule has 0 spiro atoms. The molecular weight excluding hydrogens is 457 g/mol. The second-order valence-corrected chi connectivity index (χ2v) is 9.95. The molecule has 0 saturated carbocycles. The number of rotatable bonds is 13. The Morgan fingerprint density at radius 2 is 1.68 bits per heavy atom. The molecule has 0 fully saturated rings. The molecule has 34 heavy (non-hydrogen) atoms. The van der Waals surface area contributed by atoms with Gasteiger partial charge in [0.25, 0.3) is 0 Å². The zero-order valence-electron chi connectivity index (χ0n) is 19.9. The van der Waals surface area contributed by atoms with Gasteiger partial charge in [0.1, 0.15) is 5.75 Å². The highest BCUT2D eigenvalue weighted by molar-refractivity contribution is 7.89. The first-order valence-electron chi connectivity index (χ1n) is 11.4. The lowest BCUT2D eigenvalue weighted by Crippen LogP contribution is -2.27. The molecule has 3 aromatic rings. The van der Waals surface area contributed by atoms with Crippen molar-refractivity contribution in [1.29, 1.82) is 0 Å². The molecular formula is C24H32FN5O3S. The van der Waals surface area contributed by atoms with Crippen molar-refractivity contribution in [3.05, 3.63) is 66.0 Å². The fourth-order valence-corrected chi connectivity index (χ4v) is 4.54. The van der Waals surface area contributed by atoms with E-state index in [-0.39, 0.29) is 11.4 Å². The van der Waals surface area contributed by atoms with E-state index in [2.05, 4.69) is 29.1 Å². The van der Waals surface area contributed by atoms with Gasteiger partial charge in [0.15, 0.2) is 0 Å². The van der Waals surface area contributed by atoms with Crippen LogP contribution in [0.4, 0.5) is 4.39 Å². The lowest BCUT2D eigenvalue weighted by Gasteiger charge is -2.19. The van der Waals surface area contributed by atoms with Crippen LogP contribution in [-0.2, 0) is 23.1 Å². The van der Waals surface area contributed by atoms with Gasteiger partial charge in [-0.2, -0.15) is 4.31 Å². The van der Waals surface area contributed by atoms with Gasteiger partial charge >= 0.3 is 0 Å². The van der Waals surface area contributed by atoms with Crippen LogP contribution in [0.1, 0.15) is 31.5 Å². The number of alkyl halides is 1. The Labute approximate surface area is 201 Å². The Bertz CT molecular complexity index is 1130. The van der Waals surface area contributed by atoms with E-state index in [1.165, 1.54) is 11.4 Å². The van der Waals surface area contributed by atoms with Crippen molar-refractivity contribution in [2.45, 2.75) is 38.3 Å². The van der Waals surface area contributed by atoms with Gasteiger partial charge < -0.3 is 4.74 Å². The molecule has 0 saturated heterocycles. The van der Waals surface area contributed by atoms with Crippen molar-refractivity contribution in [2.24, 2.45) is 0 Å². The van der Waals surface area contributed by atoms with Crippen LogP contribution in [0.2, 0.25) is 0 Å². The van der Waals surface area contributed by atoms with E-state index in [1.54, 1.807) is 35.1 Å². The average Bonchev–Trinajstić information content (AvgIpc) is 3.32. The van der Waals surface area contributed by atoms with E-state index in [0.29, 0.717) is 24.5 Å². The van der Waals surface area contributed by atoms with Crippen molar-refractivity contribution in [3.63, 3.8) is 0 Å². The van der Waals surface area contributed by atoms with Crippen LogP contribution < -0.4 is 4.74 Å². The van der Waals surface area contributed by atoms with Gasteiger partial charge in [-0.25, -0.2) is 13.1 Å². The molecule has 8 nitrogen and oxygen atoms in total. The second-order valence-electron chi connectivity index (χ2n) is 7.91. The summed E-state index contributed by atoms with van der Waals surface area (Å²) < 4.78 is 46.5. The zero-order valence-corrected chi connectivity index (χ0v) is 20.7. The van der Waals surface area contributed by atoms with Crippen molar-refractivity contribution < 1.29 is 17.5 Å². The summed E-state index contributed by atoms with van der Waals surface area (Å²) in [6, 6.07) is 14.2. The maximum absolute atomic E-state index is 13.0.